The number of anilines is 3. The summed E-state index contributed by atoms with van der Waals surface area (Å²) in [5.41, 5.74) is 11.4. The highest BCUT2D eigenvalue weighted by molar-refractivity contribution is 9.10. The van der Waals surface area contributed by atoms with Crippen LogP contribution in [-0.2, 0) is 0 Å². The van der Waals surface area contributed by atoms with Crippen LogP contribution in [0.2, 0.25) is 0 Å². The molecule has 0 saturated carbocycles. The normalized spacial score (nSPS) is 11.2. The standard InChI is InChI=1S/C22H19BrN8O/c1-2-25-21(32)15-10-31-19(20(24)26-11-27-31)18(15)12-3-6-14(7-4-12)28-22-29-16-8-5-13(23)9-17(16)30-22/h3-11H,2H2,1H3,(H,25,32)(H2,24,26,27)(H2,28,29,30). The highest BCUT2D eigenvalue weighted by atomic mass is 79.9. The van der Waals surface area contributed by atoms with Gasteiger partial charge in [-0.05, 0) is 42.8 Å². The summed E-state index contributed by atoms with van der Waals surface area (Å²) in [7, 11) is 0. The Kier molecular flexibility index (Phi) is 4.98. The van der Waals surface area contributed by atoms with Crippen molar-refractivity contribution in [2.24, 2.45) is 0 Å². The van der Waals surface area contributed by atoms with Gasteiger partial charge < -0.3 is 21.4 Å². The fourth-order valence-electron chi connectivity index (χ4n) is 3.65. The zero-order chi connectivity index (χ0) is 22.2. The molecule has 0 radical (unpaired) electrons. The number of hydrogen-bond acceptors (Lipinski definition) is 6. The van der Waals surface area contributed by atoms with Gasteiger partial charge in [-0.3, -0.25) is 4.79 Å². The summed E-state index contributed by atoms with van der Waals surface area (Å²) in [5, 5.41) is 10.3. The Balaban J connectivity index is 1.51. The maximum atomic E-state index is 12.7. The molecule has 2 aromatic carbocycles. The molecule has 0 atom stereocenters. The summed E-state index contributed by atoms with van der Waals surface area (Å²) in [6, 6.07) is 13.6. The van der Waals surface area contributed by atoms with E-state index in [-0.39, 0.29) is 5.91 Å². The van der Waals surface area contributed by atoms with Gasteiger partial charge in [-0.2, -0.15) is 5.10 Å². The Morgan fingerprint density at radius 2 is 2.03 bits per heavy atom. The number of nitrogens with two attached hydrogens (primary N) is 1. The third-order valence-electron chi connectivity index (χ3n) is 5.06. The first kappa shape index (κ1) is 20.0. The first-order valence-electron chi connectivity index (χ1n) is 9.96. The largest absolute Gasteiger partial charge is 0.382 e. The number of aromatic amines is 1. The number of amides is 1. The molecule has 0 bridgehead atoms. The number of nitrogens with one attached hydrogen (secondary N) is 3. The Labute approximate surface area is 191 Å². The molecule has 0 fully saturated rings. The van der Waals surface area contributed by atoms with Gasteiger partial charge in [-0.25, -0.2) is 14.5 Å². The molecule has 1 amide bonds. The summed E-state index contributed by atoms with van der Waals surface area (Å²) >= 11 is 3.47. The Morgan fingerprint density at radius 1 is 1.22 bits per heavy atom. The number of rotatable bonds is 5. The van der Waals surface area contributed by atoms with Crippen molar-refractivity contribution in [1.29, 1.82) is 0 Å². The van der Waals surface area contributed by atoms with Crippen LogP contribution in [-0.4, -0.2) is 37.0 Å². The Hall–Kier alpha value is -3.92. The van der Waals surface area contributed by atoms with Gasteiger partial charge in [0.25, 0.3) is 5.91 Å². The zero-order valence-electron chi connectivity index (χ0n) is 17.1. The van der Waals surface area contributed by atoms with Crippen LogP contribution in [0.15, 0.2) is 59.5 Å². The minimum atomic E-state index is -0.192. The number of benzene rings is 2. The van der Waals surface area contributed by atoms with Crippen molar-refractivity contribution in [2.75, 3.05) is 17.6 Å². The van der Waals surface area contributed by atoms with E-state index in [4.69, 9.17) is 5.73 Å². The van der Waals surface area contributed by atoms with E-state index in [9.17, 15) is 4.79 Å². The fourth-order valence-corrected chi connectivity index (χ4v) is 4.01. The molecule has 0 spiro atoms. The van der Waals surface area contributed by atoms with Crippen molar-refractivity contribution >= 4 is 55.8 Å². The summed E-state index contributed by atoms with van der Waals surface area (Å²) < 4.78 is 2.57. The maximum absolute atomic E-state index is 12.7. The van der Waals surface area contributed by atoms with E-state index in [1.807, 2.05) is 49.4 Å². The summed E-state index contributed by atoms with van der Waals surface area (Å²) in [6.45, 7) is 2.39. The molecule has 3 aromatic heterocycles. The average molecular weight is 491 g/mol. The van der Waals surface area contributed by atoms with Crippen LogP contribution in [0.5, 0.6) is 0 Å². The predicted molar refractivity (Wildman–Crippen MR) is 128 cm³/mol. The van der Waals surface area contributed by atoms with E-state index in [0.717, 1.165) is 26.8 Å². The van der Waals surface area contributed by atoms with Crippen LogP contribution in [0, 0.1) is 0 Å². The minimum absolute atomic E-state index is 0.192. The molecule has 0 aliphatic heterocycles. The molecule has 0 unspecified atom stereocenters. The molecule has 32 heavy (non-hydrogen) atoms. The molecule has 5 rings (SSSR count). The SMILES string of the molecule is CCNC(=O)c1cn2ncnc(N)c2c1-c1ccc(Nc2nc3ccc(Br)cc3[nH]2)cc1. The van der Waals surface area contributed by atoms with E-state index in [0.29, 0.717) is 35.0 Å². The summed E-state index contributed by atoms with van der Waals surface area (Å²) in [4.78, 5) is 24.6. The summed E-state index contributed by atoms with van der Waals surface area (Å²) in [5.74, 6) is 0.755. The molecule has 160 valence electrons. The first-order valence-corrected chi connectivity index (χ1v) is 10.8. The van der Waals surface area contributed by atoms with E-state index in [2.05, 4.69) is 46.6 Å². The predicted octanol–water partition coefficient (Wildman–Crippen LogP) is 4.11. The van der Waals surface area contributed by atoms with E-state index < -0.39 is 0 Å². The number of carbonyl (C=O) groups is 1. The van der Waals surface area contributed by atoms with Gasteiger partial charge in [0.2, 0.25) is 5.95 Å². The van der Waals surface area contributed by atoms with Crippen LogP contribution in [0.3, 0.4) is 0 Å². The van der Waals surface area contributed by atoms with Crippen molar-refractivity contribution in [3.05, 3.63) is 65.0 Å². The molecule has 0 aliphatic carbocycles. The van der Waals surface area contributed by atoms with Crippen molar-refractivity contribution in [3.63, 3.8) is 0 Å². The second-order valence-corrected chi connectivity index (χ2v) is 8.08. The number of carbonyl (C=O) groups excluding carboxylic acids is 1. The summed E-state index contributed by atoms with van der Waals surface area (Å²) in [6.07, 6.45) is 3.04. The van der Waals surface area contributed by atoms with E-state index >= 15 is 0 Å². The minimum Gasteiger partial charge on any atom is -0.382 e. The van der Waals surface area contributed by atoms with Gasteiger partial charge in [0, 0.05) is 28.5 Å². The molecule has 10 heteroatoms. The average Bonchev–Trinajstić information content (AvgIpc) is 3.36. The lowest BCUT2D eigenvalue weighted by Crippen LogP contribution is -2.22. The number of hydrogen-bond donors (Lipinski definition) is 4. The van der Waals surface area contributed by atoms with Crippen molar-refractivity contribution in [3.8, 4) is 11.1 Å². The molecular formula is C22H19BrN8O. The van der Waals surface area contributed by atoms with Crippen LogP contribution in [0.4, 0.5) is 17.5 Å². The van der Waals surface area contributed by atoms with E-state index in [1.165, 1.54) is 6.33 Å². The molecule has 5 aromatic rings. The number of imidazole rings is 1. The Bertz CT molecular complexity index is 1450. The first-order chi connectivity index (χ1) is 15.5. The number of H-pyrrole nitrogens is 1. The second kappa shape index (κ2) is 7.97. The lowest BCUT2D eigenvalue weighted by Gasteiger charge is -2.08. The number of aromatic nitrogens is 5. The molecular weight excluding hydrogens is 472 g/mol. The van der Waals surface area contributed by atoms with Crippen LogP contribution in [0.25, 0.3) is 27.7 Å². The third-order valence-corrected chi connectivity index (χ3v) is 5.56. The van der Waals surface area contributed by atoms with Crippen molar-refractivity contribution < 1.29 is 4.79 Å². The number of halogens is 1. The monoisotopic (exact) mass is 490 g/mol. The molecule has 5 N–H and O–H groups in total. The van der Waals surface area contributed by atoms with Crippen molar-refractivity contribution in [2.45, 2.75) is 6.92 Å². The highest BCUT2D eigenvalue weighted by Crippen LogP contribution is 2.33. The van der Waals surface area contributed by atoms with E-state index in [1.54, 1.807) is 10.7 Å². The van der Waals surface area contributed by atoms with Gasteiger partial charge in [0.05, 0.1) is 16.6 Å². The smallest absolute Gasteiger partial charge is 0.253 e. The maximum Gasteiger partial charge on any atom is 0.253 e. The lowest BCUT2D eigenvalue weighted by atomic mass is 10.0. The van der Waals surface area contributed by atoms with Gasteiger partial charge in [-0.1, -0.05) is 28.1 Å². The number of nitrogen functional groups attached to an aromatic ring is 1. The van der Waals surface area contributed by atoms with Gasteiger partial charge in [0.15, 0.2) is 5.82 Å². The topological polar surface area (TPSA) is 126 Å². The second-order valence-electron chi connectivity index (χ2n) is 7.16. The van der Waals surface area contributed by atoms with Crippen LogP contribution < -0.4 is 16.4 Å². The molecule has 3 heterocycles. The third kappa shape index (κ3) is 3.54. The number of fused-ring (bicyclic) bond motifs is 2. The zero-order valence-corrected chi connectivity index (χ0v) is 18.6. The molecule has 0 saturated heterocycles. The van der Waals surface area contributed by atoms with Gasteiger partial charge >= 0.3 is 0 Å². The molecule has 0 aliphatic rings. The highest BCUT2D eigenvalue weighted by Gasteiger charge is 2.21. The number of nitrogens with zero attached hydrogens (tertiary/aromatic N) is 4. The van der Waals surface area contributed by atoms with Gasteiger partial charge in [0.1, 0.15) is 11.8 Å². The van der Waals surface area contributed by atoms with Crippen LogP contribution >= 0.6 is 15.9 Å². The van der Waals surface area contributed by atoms with Crippen LogP contribution in [0.1, 0.15) is 17.3 Å². The quantitative estimate of drug-likeness (QED) is 0.293. The molecule has 9 nitrogen and oxygen atoms in total. The lowest BCUT2D eigenvalue weighted by molar-refractivity contribution is 0.0956. The van der Waals surface area contributed by atoms with Crippen molar-refractivity contribution in [1.82, 2.24) is 29.9 Å². The fraction of sp³-hybridized carbons (Fsp3) is 0.0909. The Morgan fingerprint density at radius 3 is 2.81 bits per heavy atom. The van der Waals surface area contributed by atoms with Gasteiger partial charge in [-0.15, -0.1) is 0 Å².